The van der Waals surface area contributed by atoms with Crippen molar-refractivity contribution in [3.8, 4) is 0 Å². The summed E-state index contributed by atoms with van der Waals surface area (Å²) in [5.74, 6) is -0.779. The van der Waals surface area contributed by atoms with E-state index in [4.69, 9.17) is 4.74 Å². The second-order valence-corrected chi connectivity index (χ2v) is 11.1. The molecule has 2 aliphatic rings. The molecule has 0 spiro atoms. The van der Waals surface area contributed by atoms with Crippen molar-refractivity contribution in [1.29, 1.82) is 0 Å². The highest BCUT2D eigenvalue weighted by atomic mass is 32.1. The SMILES string of the molecule is O=C(NC1(C(=O)N[C@H](Cc2ccccc2)C(=O)NCCCN2CCOCC2)CC1)c1cc2ccccc2s1. The van der Waals surface area contributed by atoms with Gasteiger partial charge in [-0.3, -0.25) is 19.3 Å². The number of thiophene rings is 1. The van der Waals surface area contributed by atoms with E-state index in [2.05, 4.69) is 20.9 Å². The van der Waals surface area contributed by atoms with Gasteiger partial charge in [0.05, 0.1) is 18.1 Å². The van der Waals surface area contributed by atoms with Gasteiger partial charge in [-0.05, 0) is 48.9 Å². The number of fused-ring (bicyclic) bond motifs is 1. The van der Waals surface area contributed by atoms with Crippen LogP contribution in [0, 0.1) is 0 Å². The summed E-state index contributed by atoms with van der Waals surface area (Å²) >= 11 is 1.41. The van der Waals surface area contributed by atoms with Crippen molar-refractivity contribution in [2.75, 3.05) is 39.4 Å². The van der Waals surface area contributed by atoms with Crippen LogP contribution in [0.4, 0.5) is 0 Å². The Balaban J connectivity index is 1.19. The fourth-order valence-corrected chi connectivity index (χ4v) is 5.68. The normalized spacial score (nSPS) is 17.5. The van der Waals surface area contributed by atoms with Gasteiger partial charge in [-0.2, -0.15) is 0 Å². The predicted molar refractivity (Wildman–Crippen MR) is 148 cm³/mol. The average Bonchev–Trinajstić information content (AvgIpc) is 3.59. The molecule has 3 amide bonds. The maximum absolute atomic E-state index is 13.4. The minimum Gasteiger partial charge on any atom is -0.379 e. The lowest BCUT2D eigenvalue weighted by Gasteiger charge is -2.26. The third-order valence-electron chi connectivity index (χ3n) is 7.15. The molecule has 1 saturated carbocycles. The highest BCUT2D eigenvalue weighted by Gasteiger charge is 2.52. The van der Waals surface area contributed by atoms with Crippen LogP contribution in [0.15, 0.2) is 60.7 Å². The molecule has 5 rings (SSSR count). The Morgan fingerprint density at radius 1 is 1.00 bits per heavy atom. The fourth-order valence-electron chi connectivity index (χ4n) is 4.72. The molecule has 2 heterocycles. The highest BCUT2D eigenvalue weighted by Crippen LogP contribution is 2.37. The Morgan fingerprint density at radius 2 is 1.74 bits per heavy atom. The predicted octanol–water partition coefficient (Wildman–Crippen LogP) is 2.73. The van der Waals surface area contributed by atoms with Crippen molar-refractivity contribution in [3.05, 3.63) is 71.1 Å². The smallest absolute Gasteiger partial charge is 0.262 e. The van der Waals surface area contributed by atoms with Gasteiger partial charge in [0.25, 0.3) is 5.91 Å². The van der Waals surface area contributed by atoms with Gasteiger partial charge >= 0.3 is 0 Å². The summed E-state index contributed by atoms with van der Waals surface area (Å²) in [7, 11) is 0. The van der Waals surface area contributed by atoms with E-state index in [1.54, 1.807) is 0 Å². The summed E-state index contributed by atoms with van der Waals surface area (Å²) < 4.78 is 6.42. The summed E-state index contributed by atoms with van der Waals surface area (Å²) in [6.45, 7) is 4.75. The quantitative estimate of drug-likeness (QED) is 0.329. The van der Waals surface area contributed by atoms with E-state index >= 15 is 0 Å². The lowest BCUT2D eigenvalue weighted by atomic mass is 10.0. The largest absolute Gasteiger partial charge is 0.379 e. The number of hydrogen-bond donors (Lipinski definition) is 3. The molecule has 1 saturated heterocycles. The van der Waals surface area contributed by atoms with E-state index in [-0.39, 0.29) is 17.7 Å². The van der Waals surface area contributed by atoms with Gasteiger partial charge in [0.2, 0.25) is 11.8 Å². The molecule has 1 aliphatic heterocycles. The van der Waals surface area contributed by atoms with E-state index in [1.165, 1.54) is 11.3 Å². The second kappa shape index (κ2) is 12.1. The van der Waals surface area contributed by atoms with Crippen molar-refractivity contribution in [2.45, 2.75) is 37.3 Å². The van der Waals surface area contributed by atoms with Crippen LogP contribution in [-0.4, -0.2) is 73.6 Å². The maximum Gasteiger partial charge on any atom is 0.262 e. The minimum atomic E-state index is -0.973. The average molecular weight is 535 g/mol. The Bertz CT molecular complexity index is 1230. The zero-order valence-corrected chi connectivity index (χ0v) is 22.2. The number of amides is 3. The number of rotatable bonds is 11. The topological polar surface area (TPSA) is 99.8 Å². The van der Waals surface area contributed by atoms with E-state index < -0.39 is 11.6 Å². The van der Waals surface area contributed by atoms with E-state index in [1.807, 2.05) is 60.7 Å². The lowest BCUT2D eigenvalue weighted by Crippen LogP contribution is -2.56. The maximum atomic E-state index is 13.4. The van der Waals surface area contributed by atoms with E-state index in [9.17, 15) is 14.4 Å². The molecule has 0 bridgehead atoms. The Hall–Kier alpha value is -3.27. The summed E-state index contributed by atoms with van der Waals surface area (Å²) in [5.41, 5.74) is -0.0147. The zero-order chi connectivity index (χ0) is 26.4. The van der Waals surface area contributed by atoms with Crippen LogP contribution >= 0.6 is 11.3 Å². The number of nitrogens with one attached hydrogen (secondary N) is 3. The zero-order valence-electron chi connectivity index (χ0n) is 21.4. The molecule has 1 aliphatic carbocycles. The number of ether oxygens (including phenoxy) is 1. The molecule has 38 heavy (non-hydrogen) atoms. The summed E-state index contributed by atoms with van der Waals surface area (Å²) in [6.07, 6.45) is 2.30. The molecule has 2 fully saturated rings. The van der Waals surface area contributed by atoms with Crippen LogP contribution in [0.3, 0.4) is 0 Å². The van der Waals surface area contributed by atoms with Gasteiger partial charge in [0.1, 0.15) is 11.6 Å². The van der Waals surface area contributed by atoms with Crippen LogP contribution in [0.1, 0.15) is 34.5 Å². The molecule has 200 valence electrons. The van der Waals surface area contributed by atoms with Crippen LogP contribution in [0.2, 0.25) is 0 Å². The second-order valence-electron chi connectivity index (χ2n) is 10.00. The van der Waals surface area contributed by atoms with Crippen molar-refractivity contribution in [1.82, 2.24) is 20.9 Å². The number of carbonyl (C=O) groups excluding carboxylic acids is 3. The monoisotopic (exact) mass is 534 g/mol. The molecule has 8 nitrogen and oxygen atoms in total. The first kappa shape index (κ1) is 26.3. The number of nitrogens with zero attached hydrogens (tertiary/aromatic N) is 1. The van der Waals surface area contributed by atoms with Crippen molar-refractivity contribution in [3.63, 3.8) is 0 Å². The van der Waals surface area contributed by atoms with Crippen LogP contribution in [0.25, 0.3) is 10.1 Å². The standard InChI is InChI=1S/C29H34N4O4S/c34-26(30-13-6-14-33-15-17-37-18-16-33)23(19-21-7-2-1-3-8-21)31-28(36)29(11-12-29)32-27(35)25-20-22-9-4-5-10-24(22)38-25/h1-5,7-10,20,23H,6,11-19H2,(H,30,34)(H,31,36)(H,32,35)/t23-/m1/s1. The third-order valence-corrected chi connectivity index (χ3v) is 8.26. The van der Waals surface area contributed by atoms with Gasteiger partial charge in [-0.25, -0.2) is 0 Å². The van der Waals surface area contributed by atoms with Crippen LogP contribution in [0.5, 0.6) is 0 Å². The van der Waals surface area contributed by atoms with Gasteiger partial charge < -0.3 is 20.7 Å². The van der Waals surface area contributed by atoms with Crippen LogP contribution < -0.4 is 16.0 Å². The van der Waals surface area contributed by atoms with Crippen molar-refractivity contribution >= 4 is 39.1 Å². The molecule has 0 radical (unpaired) electrons. The fraction of sp³-hybridized carbons (Fsp3) is 0.414. The number of benzene rings is 2. The number of morpholine rings is 1. The molecule has 3 N–H and O–H groups in total. The third kappa shape index (κ3) is 6.59. The molecule has 3 aromatic rings. The first-order valence-electron chi connectivity index (χ1n) is 13.3. The summed E-state index contributed by atoms with van der Waals surface area (Å²) in [6, 6.07) is 18.6. The Kier molecular flexibility index (Phi) is 8.36. The summed E-state index contributed by atoms with van der Waals surface area (Å²) in [5, 5.41) is 9.91. The Labute approximate surface area is 226 Å². The molecule has 9 heteroatoms. The summed E-state index contributed by atoms with van der Waals surface area (Å²) in [4.78, 5) is 42.5. The molecular weight excluding hydrogens is 500 g/mol. The molecular formula is C29H34N4O4S. The first-order valence-corrected chi connectivity index (χ1v) is 14.1. The number of hydrogen-bond acceptors (Lipinski definition) is 6. The molecule has 0 unspecified atom stereocenters. The van der Waals surface area contributed by atoms with Gasteiger partial charge in [0.15, 0.2) is 0 Å². The number of carbonyl (C=O) groups is 3. The van der Waals surface area contributed by atoms with Gasteiger partial charge in [-0.15, -0.1) is 11.3 Å². The molecule has 2 aromatic carbocycles. The molecule has 1 atom stereocenters. The van der Waals surface area contributed by atoms with Gasteiger partial charge in [0, 0.05) is 30.8 Å². The van der Waals surface area contributed by atoms with E-state index in [0.29, 0.717) is 30.7 Å². The Morgan fingerprint density at radius 3 is 2.47 bits per heavy atom. The molecule has 1 aromatic heterocycles. The van der Waals surface area contributed by atoms with E-state index in [0.717, 1.165) is 54.9 Å². The van der Waals surface area contributed by atoms with Crippen molar-refractivity contribution in [2.24, 2.45) is 0 Å². The van der Waals surface area contributed by atoms with Crippen LogP contribution in [-0.2, 0) is 20.7 Å². The highest BCUT2D eigenvalue weighted by molar-refractivity contribution is 7.20. The first-order chi connectivity index (χ1) is 18.5. The van der Waals surface area contributed by atoms with Gasteiger partial charge in [-0.1, -0.05) is 48.5 Å². The minimum absolute atomic E-state index is 0.212. The van der Waals surface area contributed by atoms with Crippen molar-refractivity contribution < 1.29 is 19.1 Å². The lowest BCUT2D eigenvalue weighted by molar-refractivity contribution is -0.130.